The van der Waals surface area contributed by atoms with Gasteiger partial charge in [-0.25, -0.2) is 0 Å². The van der Waals surface area contributed by atoms with Gasteiger partial charge in [-0.3, -0.25) is 14.4 Å². The van der Waals surface area contributed by atoms with Gasteiger partial charge in [0.15, 0.2) is 6.61 Å². The van der Waals surface area contributed by atoms with E-state index >= 15 is 0 Å². The van der Waals surface area contributed by atoms with Crippen molar-refractivity contribution >= 4 is 29.4 Å². The van der Waals surface area contributed by atoms with Gasteiger partial charge in [0.05, 0.1) is 6.61 Å². The second-order valence-corrected chi connectivity index (χ2v) is 6.46. The van der Waals surface area contributed by atoms with E-state index in [4.69, 9.17) is 21.1 Å². The van der Waals surface area contributed by atoms with Gasteiger partial charge in [-0.1, -0.05) is 23.7 Å². The normalized spacial score (nSPS) is 10.1. The average Bonchev–Trinajstić information content (AvgIpc) is 2.72. The van der Waals surface area contributed by atoms with E-state index in [9.17, 15) is 14.4 Å². The number of nitrogens with one attached hydrogen (secondary N) is 2. The highest BCUT2D eigenvalue weighted by molar-refractivity contribution is 6.30. The number of carbonyl (C=O) groups is 3. The molecule has 0 heterocycles. The van der Waals surface area contributed by atoms with Crippen molar-refractivity contribution in [3.8, 4) is 5.75 Å². The maximum absolute atomic E-state index is 12.0. The SMILES string of the molecule is CCOc1ccc(C(=O)NCC(=O)OCC(=O)NCCc2ccc(Cl)cc2)cc1. The van der Waals surface area contributed by atoms with E-state index in [0.29, 0.717) is 35.9 Å². The number of hydrogen-bond donors (Lipinski definition) is 2. The van der Waals surface area contributed by atoms with Crippen LogP contribution in [0.1, 0.15) is 22.8 Å². The maximum Gasteiger partial charge on any atom is 0.325 e. The topological polar surface area (TPSA) is 93.7 Å². The number of carbonyl (C=O) groups excluding carboxylic acids is 3. The summed E-state index contributed by atoms with van der Waals surface area (Å²) in [6.45, 7) is 2.08. The number of rotatable bonds is 10. The summed E-state index contributed by atoms with van der Waals surface area (Å²) >= 11 is 5.82. The lowest BCUT2D eigenvalue weighted by Gasteiger charge is -2.08. The molecule has 0 aliphatic heterocycles. The number of hydrogen-bond acceptors (Lipinski definition) is 5. The number of esters is 1. The fourth-order valence-electron chi connectivity index (χ4n) is 2.37. The Morgan fingerprint density at radius 1 is 0.966 bits per heavy atom. The molecule has 0 aliphatic carbocycles. The molecule has 2 aromatic carbocycles. The molecule has 0 unspecified atom stereocenters. The minimum atomic E-state index is -0.697. The van der Waals surface area contributed by atoms with E-state index in [-0.39, 0.29) is 6.54 Å². The van der Waals surface area contributed by atoms with Crippen LogP contribution in [-0.4, -0.2) is 44.1 Å². The zero-order valence-corrected chi connectivity index (χ0v) is 16.8. The van der Waals surface area contributed by atoms with Crippen molar-refractivity contribution in [3.63, 3.8) is 0 Å². The second kappa shape index (κ2) is 11.7. The number of amides is 2. The monoisotopic (exact) mass is 418 g/mol. The summed E-state index contributed by atoms with van der Waals surface area (Å²) in [4.78, 5) is 35.4. The van der Waals surface area contributed by atoms with Gasteiger partial charge in [0, 0.05) is 17.1 Å². The Morgan fingerprint density at radius 2 is 1.66 bits per heavy atom. The number of ether oxygens (including phenoxy) is 2. The van der Waals surface area contributed by atoms with E-state index < -0.39 is 24.4 Å². The highest BCUT2D eigenvalue weighted by atomic mass is 35.5. The van der Waals surface area contributed by atoms with E-state index in [1.54, 1.807) is 36.4 Å². The van der Waals surface area contributed by atoms with Crippen molar-refractivity contribution < 1.29 is 23.9 Å². The van der Waals surface area contributed by atoms with Crippen molar-refractivity contribution in [1.82, 2.24) is 10.6 Å². The third-order valence-electron chi connectivity index (χ3n) is 3.83. The molecule has 7 nitrogen and oxygen atoms in total. The molecule has 0 saturated heterocycles. The quantitative estimate of drug-likeness (QED) is 0.578. The maximum atomic E-state index is 12.0. The molecular weight excluding hydrogens is 396 g/mol. The van der Waals surface area contributed by atoms with Crippen LogP contribution in [0.25, 0.3) is 0 Å². The van der Waals surface area contributed by atoms with Crippen molar-refractivity contribution in [2.24, 2.45) is 0 Å². The summed E-state index contributed by atoms with van der Waals surface area (Å²) in [7, 11) is 0. The molecule has 0 spiro atoms. The van der Waals surface area contributed by atoms with Gasteiger partial charge in [0.25, 0.3) is 11.8 Å². The minimum absolute atomic E-state index is 0.329. The third-order valence-corrected chi connectivity index (χ3v) is 4.09. The zero-order valence-electron chi connectivity index (χ0n) is 16.1. The summed E-state index contributed by atoms with van der Waals surface area (Å²) in [6.07, 6.45) is 0.634. The molecule has 0 aromatic heterocycles. The van der Waals surface area contributed by atoms with E-state index in [1.807, 2.05) is 19.1 Å². The lowest BCUT2D eigenvalue weighted by Crippen LogP contribution is -2.34. The van der Waals surface area contributed by atoms with Crippen molar-refractivity contribution in [3.05, 3.63) is 64.7 Å². The van der Waals surface area contributed by atoms with Crippen LogP contribution in [-0.2, 0) is 20.7 Å². The first kappa shape index (κ1) is 22.2. The van der Waals surface area contributed by atoms with Crippen LogP contribution in [0.4, 0.5) is 0 Å². The molecule has 0 aliphatic rings. The highest BCUT2D eigenvalue weighted by Gasteiger charge is 2.11. The predicted octanol–water partition coefficient (Wildman–Crippen LogP) is 2.37. The standard InChI is InChI=1S/C21H23ClN2O5/c1-2-28-18-9-5-16(6-10-18)21(27)24-13-20(26)29-14-19(25)23-12-11-15-3-7-17(22)8-4-15/h3-10H,2,11-14H2,1H3,(H,23,25)(H,24,27). The smallest absolute Gasteiger partial charge is 0.325 e. The molecule has 8 heteroatoms. The van der Waals surface area contributed by atoms with Crippen LogP contribution in [0.2, 0.25) is 5.02 Å². The lowest BCUT2D eigenvalue weighted by molar-refractivity contribution is -0.147. The molecule has 2 N–H and O–H groups in total. The van der Waals surface area contributed by atoms with E-state index in [1.165, 1.54) is 0 Å². The zero-order chi connectivity index (χ0) is 21.1. The van der Waals surface area contributed by atoms with Gasteiger partial charge in [0.1, 0.15) is 12.3 Å². The van der Waals surface area contributed by atoms with Crippen LogP contribution >= 0.6 is 11.6 Å². The molecule has 29 heavy (non-hydrogen) atoms. The molecule has 2 aromatic rings. The number of benzene rings is 2. The fraction of sp³-hybridized carbons (Fsp3) is 0.286. The molecular formula is C21H23ClN2O5. The first-order chi connectivity index (χ1) is 14.0. The van der Waals surface area contributed by atoms with Gasteiger partial charge in [-0.2, -0.15) is 0 Å². The first-order valence-electron chi connectivity index (χ1n) is 9.15. The third kappa shape index (κ3) is 8.23. The Balaban J connectivity index is 1.62. The Kier molecular flexibility index (Phi) is 8.98. The van der Waals surface area contributed by atoms with Crippen LogP contribution in [0.5, 0.6) is 5.75 Å². The van der Waals surface area contributed by atoms with Crippen LogP contribution in [0.3, 0.4) is 0 Å². The lowest BCUT2D eigenvalue weighted by atomic mass is 10.1. The highest BCUT2D eigenvalue weighted by Crippen LogP contribution is 2.12. The molecule has 0 fully saturated rings. The molecule has 2 rings (SSSR count). The van der Waals surface area contributed by atoms with Crippen LogP contribution in [0.15, 0.2) is 48.5 Å². The van der Waals surface area contributed by atoms with E-state index in [0.717, 1.165) is 5.56 Å². The van der Waals surface area contributed by atoms with Gasteiger partial charge in [0.2, 0.25) is 0 Å². The van der Waals surface area contributed by atoms with Gasteiger partial charge in [-0.15, -0.1) is 0 Å². The molecule has 154 valence electrons. The first-order valence-corrected chi connectivity index (χ1v) is 9.53. The molecule has 2 amide bonds. The van der Waals surface area contributed by atoms with Crippen LogP contribution in [0, 0.1) is 0 Å². The van der Waals surface area contributed by atoms with Gasteiger partial charge < -0.3 is 20.1 Å². The fourth-order valence-corrected chi connectivity index (χ4v) is 2.50. The van der Waals surface area contributed by atoms with Crippen molar-refractivity contribution in [2.45, 2.75) is 13.3 Å². The summed E-state index contributed by atoms with van der Waals surface area (Å²) in [5, 5.41) is 5.76. The molecule has 0 saturated carbocycles. The van der Waals surface area contributed by atoms with Gasteiger partial charge in [-0.05, 0) is 55.3 Å². The Labute approximate surface area is 174 Å². The Bertz CT molecular complexity index is 822. The van der Waals surface area contributed by atoms with E-state index in [2.05, 4.69) is 10.6 Å². The Morgan fingerprint density at radius 3 is 2.31 bits per heavy atom. The average molecular weight is 419 g/mol. The molecule has 0 atom stereocenters. The molecule has 0 bridgehead atoms. The predicted molar refractivity (Wildman–Crippen MR) is 109 cm³/mol. The second-order valence-electron chi connectivity index (χ2n) is 6.03. The van der Waals surface area contributed by atoms with Crippen molar-refractivity contribution in [2.75, 3.05) is 26.3 Å². The summed E-state index contributed by atoms with van der Waals surface area (Å²) in [5.74, 6) is -0.870. The Hall–Kier alpha value is -3.06. The molecule has 0 radical (unpaired) electrons. The summed E-state index contributed by atoms with van der Waals surface area (Å²) in [5.41, 5.74) is 1.42. The number of halogens is 1. The van der Waals surface area contributed by atoms with Crippen molar-refractivity contribution in [1.29, 1.82) is 0 Å². The minimum Gasteiger partial charge on any atom is -0.494 e. The van der Waals surface area contributed by atoms with Gasteiger partial charge >= 0.3 is 5.97 Å². The summed E-state index contributed by atoms with van der Waals surface area (Å²) in [6, 6.07) is 13.9. The van der Waals surface area contributed by atoms with Crippen LogP contribution < -0.4 is 15.4 Å². The largest absolute Gasteiger partial charge is 0.494 e. The summed E-state index contributed by atoms with van der Waals surface area (Å²) < 4.78 is 10.2.